The molecule has 2 aromatic carbocycles. The Morgan fingerprint density at radius 3 is 2.58 bits per heavy atom. The number of hydrogen-bond acceptors (Lipinski definition) is 6. The highest BCUT2D eigenvalue weighted by molar-refractivity contribution is 7.87. The van der Waals surface area contributed by atoms with Crippen molar-refractivity contribution in [1.82, 2.24) is 4.90 Å². The fourth-order valence-electron chi connectivity index (χ4n) is 3.61. The van der Waals surface area contributed by atoms with Crippen LogP contribution >= 0.6 is 0 Å². The molecule has 0 bridgehead atoms. The lowest BCUT2D eigenvalue weighted by atomic mass is 9.84. The van der Waals surface area contributed by atoms with E-state index in [-0.39, 0.29) is 34.8 Å². The fraction of sp³-hybridized carbons (Fsp3) is 0.292. The monoisotopic (exact) mass is 473 g/mol. The summed E-state index contributed by atoms with van der Waals surface area (Å²) < 4.78 is 54.7. The first-order chi connectivity index (χ1) is 15.9. The highest BCUT2D eigenvalue weighted by atomic mass is 32.2. The van der Waals surface area contributed by atoms with Crippen molar-refractivity contribution in [2.24, 2.45) is 5.92 Å². The molecule has 0 unspecified atom stereocenters. The van der Waals surface area contributed by atoms with Crippen molar-refractivity contribution in [2.45, 2.75) is 37.2 Å². The van der Waals surface area contributed by atoms with Gasteiger partial charge >= 0.3 is 10.1 Å². The molecular formula is C24H24FNO6S. The van der Waals surface area contributed by atoms with Crippen LogP contribution in [0, 0.1) is 11.7 Å². The number of carbonyl (C=O) groups is 1. The predicted molar refractivity (Wildman–Crippen MR) is 118 cm³/mol. The van der Waals surface area contributed by atoms with Crippen molar-refractivity contribution in [3.63, 3.8) is 0 Å². The van der Waals surface area contributed by atoms with E-state index in [4.69, 9.17) is 13.3 Å². The molecule has 0 saturated heterocycles. The van der Waals surface area contributed by atoms with Crippen molar-refractivity contribution >= 4 is 16.0 Å². The zero-order valence-corrected chi connectivity index (χ0v) is 18.9. The van der Waals surface area contributed by atoms with Crippen molar-refractivity contribution < 1.29 is 30.9 Å². The molecule has 1 amide bonds. The van der Waals surface area contributed by atoms with Crippen LogP contribution in [0.3, 0.4) is 0 Å². The van der Waals surface area contributed by atoms with Crippen molar-refractivity contribution in [2.75, 3.05) is 7.11 Å². The summed E-state index contributed by atoms with van der Waals surface area (Å²) in [6, 6.07) is 13.3. The second-order valence-electron chi connectivity index (χ2n) is 7.88. The number of halogens is 1. The molecule has 1 aliphatic carbocycles. The van der Waals surface area contributed by atoms with E-state index in [1.165, 1.54) is 25.3 Å². The second kappa shape index (κ2) is 9.66. The summed E-state index contributed by atoms with van der Waals surface area (Å²) in [4.78, 5) is 14.3. The van der Waals surface area contributed by atoms with Gasteiger partial charge in [0.05, 0.1) is 19.9 Å². The van der Waals surface area contributed by atoms with Gasteiger partial charge in [-0.25, -0.2) is 4.39 Å². The van der Waals surface area contributed by atoms with Crippen LogP contribution in [0.5, 0.6) is 11.5 Å². The maximum absolute atomic E-state index is 14.0. The number of methoxy groups -OCH3 is 1. The number of rotatable bonds is 9. The average molecular weight is 474 g/mol. The van der Waals surface area contributed by atoms with E-state index in [1.54, 1.807) is 41.5 Å². The van der Waals surface area contributed by atoms with Gasteiger partial charge in [0.1, 0.15) is 16.4 Å². The van der Waals surface area contributed by atoms with E-state index >= 15 is 0 Å². The molecule has 174 valence electrons. The van der Waals surface area contributed by atoms with Gasteiger partial charge in [0.2, 0.25) is 5.91 Å². The first-order valence-electron chi connectivity index (χ1n) is 10.5. The molecule has 1 fully saturated rings. The van der Waals surface area contributed by atoms with Crippen molar-refractivity contribution in [3.8, 4) is 11.5 Å². The molecule has 3 aromatic rings. The maximum atomic E-state index is 14.0. The molecule has 4 rings (SSSR count). The predicted octanol–water partition coefficient (Wildman–Crippen LogP) is 4.52. The molecule has 0 aliphatic heterocycles. The highest BCUT2D eigenvalue weighted by Crippen LogP contribution is 2.30. The number of nitrogens with zero attached hydrogens (tertiary/aromatic N) is 1. The Morgan fingerprint density at radius 2 is 1.94 bits per heavy atom. The molecule has 33 heavy (non-hydrogen) atoms. The van der Waals surface area contributed by atoms with Gasteiger partial charge in [-0.3, -0.25) is 4.79 Å². The van der Waals surface area contributed by atoms with Crippen LogP contribution in [0.2, 0.25) is 0 Å². The SMILES string of the molecule is COc1ccc(S(=O)(=O)Oc2cccc(CN(Cc3ccco3)C(=O)C3CCC3)c2)cc1F. The number of benzene rings is 2. The minimum atomic E-state index is -4.26. The van der Waals surface area contributed by atoms with Gasteiger partial charge in [-0.2, -0.15) is 8.42 Å². The van der Waals surface area contributed by atoms with E-state index in [2.05, 4.69) is 0 Å². The third kappa shape index (κ3) is 5.36. The lowest BCUT2D eigenvalue weighted by Crippen LogP contribution is -2.38. The van der Waals surface area contributed by atoms with Gasteiger partial charge < -0.3 is 18.2 Å². The Balaban J connectivity index is 1.52. The largest absolute Gasteiger partial charge is 0.494 e. The Bertz CT molecular complexity index is 1220. The maximum Gasteiger partial charge on any atom is 0.339 e. The lowest BCUT2D eigenvalue weighted by Gasteiger charge is -2.31. The van der Waals surface area contributed by atoms with Crippen LogP contribution < -0.4 is 8.92 Å². The van der Waals surface area contributed by atoms with E-state index in [9.17, 15) is 17.6 Å². The smallest absolute Gasteiger partial charge is 0.339 e. The highest BCUT2D eigenvalue weighted by Gasteiger charge is 2.30. The van der Waals surface area contributed by atoms with Gasteiger partial charge in [-0.15, -0.1) is 0 Å². The normalized spacial score (nSPS) is 13.9. The number of ether oxygens (including phenoxy) is 1. The molecule has 1 heterocycles. The number of carbonyl (C=O) groups excluding carboxylic acids is 1. The van der Waals surface area contributed by atoms with Crippen LogP contribution in [0.25, 0.3) is 0 Å². The van der Waals surface area contributed by atoms with E-state index in [0.29, 0.717) is 17.9 Å². The summed E-state index contributed by atoms with van der Waals surface area (Å²) in [5.74, 6) is -0.0882. The first kappa shape index (κ1) is 22.8. The second-order valence-corrected chi connectivity index (χ2v) is 9.43. The van der Waals surface area contributed by atoms with Crippen LogP contribution in [0.4, 0.5) is 4.39 Å². The first-order valence-corrected chi connectivity index (χ1v) is 11.9. The lowest BCUT2D eigenvalue weighted by molar-refractivity contribution is -0.139. The van der Waals surface area contributed by atoms with Gasteiger partial charge in [-0.05, 0) is 60.9 Å². The standard InChI is InChI=1S/C24H24FNO6S/c1-30-23-11-10-21(14-22(23)25)33(28,29)32-19-8-2-5-17(13-19)15-26(16-20-9-4-12-31-20)24(27)18-6-3-7-18/h2,4-5,8-14,18H,3,6-7,15-16H2,1H3. The Labute approximate surface area is 191 Å². The zero-order valence-electron chi connectivity index (χ0n) is 18.1. The minimum absolute atomic E-state index is 0.00439. The molecule has 0 N–H and O–H groups in total. The molecule has 1 aromatic heterocycles. The number of hydrogen-bond donors (Lipinski definition) is 0. The quantitative estimate of drug-likeness (QED) is 0.425. The topological polar surface area (TPSA) is 86.1 Å². The average Bonchev–Trinajstić information content (AvgIpc) is 3.25. The molecule has 1 saturated carbocycles. The Hall–Kier alpha value is -3.33. The fourth-order valence-corrected chi connectivity index (χ4v) is 4.55. The van der Waals surface area contributed by atoms with E-state index < -0.39 is 15.9 Å². The van der Waals surface area contributed by atoms with Gasteiger partial charge in [-0.1, -0.05) is 18.6 Å². The van der Waals surface area contributed by atoms with Crippen LogP contribution in [-0.2, 0) is 28.0 Å². The summed E-state index contributed by atoms with van der Waals surface area (Å²) in [7, 11) is -2.97. The summed E-state index contributed by atoms with van der Waals surface area (Å²) in [6.45, 7) is 0.585. The van der Waals surface area contributed by atoms with Crippen LogP contribution in [-0.4, -0.2) is 26.3 Å². The van der Waals surface area contributed by atoms with E-state index in [1.807, 2.05) is 0 Å². The third-order valence-electron chi connectivity index (χ3n) is 5.58. The van der Waals surface area contributed by atoms with Gasteiger partial charge in [0, 0.05) is 12.5 Å². The summed E-state index contributed by atoms with van der Waals surface area (Å²) in [6.07, 6.45) is 4.33. The van der Waals surface area contributed by atoms with Gasteiger partial charge in [0.15, 0.2) is 11.6 Å². The number of amides is 1. The summed E-state index contributed by atoms with van der Waals surface area (Å²) >= 11 is 0. The molecule has 9 heteroatoms. The Kier molecular flexibility index (Phi) is 6.69. The van der Waals surface area contributed by atoms with Crippen LogP contribution in [0.1, 0.15) is 30.6 Å². The van der Waals surface area contributed by atoms with Gasteiger partial charge in [0.25, 0.3) is 0 Å². The van der Waals surface area contributed by atoms with Crippen LogP contribution in [0.15, 0.2) is 70.2 Å². The van der Waals surface area contributed by atoms with Crippen molar-refractivity contribution in [3.05, 3.63) is 78.0 Å². The Morgan fingerprint density at radius 1 is 1.12 bits per heavy atom. The number of furan rings is 1. The molecule has 0 atom stereocenters. The van der Waals surface area contributed by atoms with E-state index in [0.717, 1.165) is 25.3 Å². The molecule has 0 radical (unpaired) electrons. The third-order valence-corrected chi connectivity index (χ3v) is 6.83. The molecule has 1 aliphatic rings. The summed E-state index contributed by atoms with van der Waals surface area (Å²) in [5, 5.41) is 0. The van der Waals surface area contributed by atoms with Crippen molar-refractivity contribution in [1.29, 1.82) is 0 Å². The molecule has 0 spiro atoms. The minimum Gasteiger partial charge on any atom is -0.494 e. The summed E-state index contributed by atoms with van der Waals surface area (Å²) in [5.41, 5.74) is 0.697. The molecule has 7 nitrogen and oxygen atoms in total. The zero-order chi connectivity index (χ0) is 23.4. The molecular weight excluding hydrogens is 449 g/mol.